The summed E-state index contributed by atoms with van der Waals surface area (Å²) in [6.07, 6.45) is 2.20. The second-order valence-corrected chi connectivity index (χ2v) is 7.27. The second-order valence-electron chi connectivity index (χ2n) is 6.83. The molecule has 0 radical (unpaired) electrons. The molecule has 0 heterocycles. The van der Waals surface area contributed by atoms with Crippen LogP contribution < -0.4 is 10.1 Å². The van der Waals surface area contributed by atoms with Crippen LogP contribution in [-0.2, 0) is 19.6 Å². The Morgan fingerprint density at radius 2 is 1.56 bits per heavy atom. The average molecular weight is 380 g/mol. The second kappa shape index (κ2) is 10.1. The van der Waals surface area contributed by atoms with Gasteiger partial charge in [-0.25, -0.2) is 0 Å². The normalized spacial score (nSPS) is 11.9. The van der Waals surface area contributed by atoms with Crippen LogP contribution in [0.1, 0.15) is 30.0 Å². The number of hydrogen-bond donors (Lipinski definition) is 1. The van der Waals surface area contributed by atoms with Gasteiger partial charge in [0.25, 0.3) is 0 Å². The Kier molecular flexibility index (Phi) is 7.32. The van der Waals surface area contributed by atoms with Crippen molar-refractivity contribution in [1.29, 1.82) is 0 Å². The van der Waals surface area contributed by atoms with Gasteiger partial charge in [0, 0.05) is 23.2 Å². The highest BCUT2D eigenvalue weighted by Crippen LogP contribution is 2.20. The molecule has 2 nitrogen and oxygen atoms in total. The topological polar surface area (TPSA) is 21.3 Å². The Morgan fingerprint density at radius 1 is 0.852 bits per heavy atom. The lowest BCUT2D eigenvalue weighted by Crippen LogP contribution is -2.26. The fourth-order valence-corrected chi connectivity index (χ4v) is 3.07. The van der Waals surface area contributed by atoms with Crippen LogP contribution >= 0.6 is 11.6 Å². The minimum atomic E-state index is 0.439. The van der Waals surface area contributed by atoms with E-state index in [0.717, 1.165) is 35.7 Å². The van der Waals surface area contributed by atoms with Gasteiger partial charge in [0.1, 0.15) is 12.4 Å². The van der Waals surface area contributed by atoms with E-state index in [-0.39, 0.29) is 0 Å². The van der Waals surface area contributed by atoms with Crippen LogP contribution in [0, 0.1) is 0 Å². The summed E-state index contributed by atoms with van der Waals surface area (Å²) in [5.74, 6) is 0.926. The van der Waals surface area contributed by atoms with E-state index in [9.17, 15) is 0 Å². The zero-order chi connectivity index (χ0) is 18.9. The molecule has 1 N–H and O–H groups in total. The number of para-hydroxylation sites is 1. The maximum atomic E-state index is 6.04. The van der Waals surface area contributed by atoms with E-state index >= 15 is 0 Å². The van der Waals surface area contributed by atoms with Crippen LogP contribution in [0.2, 0.25) is 5.02 Å². The first-order valence-electron chi connectivity index (χ1n) is 9.43. The Bertz CT molecular complexity index is 817. The largest absolute Gasteiger partial charge is 0.489 e. The summed E-state index contributed by atoms with van der Waals surface area (Å²) in [6.45, 7) is 3.57. The highest BCUT2D eigenvalue weighted by Gasteiger charge is 2.07. The minimum absolute atomic E-state index is 0.439. The fourth-order valence-electron chi connectivity index (χ4n) is 2.95. The predicted molar refractivity (Wildman–Crippen MR) is 113 cm³/mol. The van der Waals surface area contributed by atoms with Crippen molar-refractivity contribution in [3.05, 3.63) is 101 Å². The Hall–Kier alpha value is -2.29. The molecule has 3 heteroatoms. The van der Waals surface area contributed by atoms with Gasteiger partial charge >= 0.3 is 0 Å². The van der Waals surface area contributed by atoms with E-state index in [1.807, 2.05) is 36.4 Å². The van der Waals surface area contributed by atoms with Crippen molar-refractivity contribution in [2.24, 2.45) is 0 Å². The lowest BCUT2D eigenvalue weighted by atomic mass is 10.1. The molecule has 140 valence electrons. The molecule has 3 rings (SSSR count). The van der Waals surface area contributed by atoms with Crippen molar-refractivity contribution in [3.63, 3.8) is 0 Å². The summed E-state index contributed by atoms with van der Waals surface area (Å²) < 4.78 is 6.04. The lowest BCUT2D eigenvalue weighted by Gasteiger charge is -2.16. The molecule has 1 unspecified atom stereocenters. The van der Waals surface area contributed by atoms with Crippen LogP contribution in [0.25, 0.3) is 0 Å². The molecule has 0 amide bonds. The molecule has 0 aliphatic carbocycles. The van der Waals surface area contributed by atoms with Crippen LogP contribution in [0.3, 0.4) is 0 Å². The molecule has 3 aromatic rings. The Balaban J connectivity index is 1.50. The van der Waals surface area contributed by atoms with Crippen molar-refractivity contribution in [1.82, 2.24) is 5.32 Å². The van der Waals surface area contributed by atoms with Crippen molar-refractivity contribution < 1.29 is 4.74 Å². The van der Waals surface area contributed by atoms with Crippen molar-refractivity contribution in [3.8, 4) is 5.75 Å². The number of aryl methyl sites for hydroxylation is 1. The number of rotatable bonds is 9. The summed E-state index contributed by atoms with van der Waals surface area (Å²) in [5, 5.41) is 4.36. The van der Waals surface area contributed by atoms with E-state index in [1.54, 1.807) is 0 Å². The highest BCUT2D eigenvalue weighted by molar-refractivity contribution is 6.30. The SMILES string of the molecule is CC(CCc1ccccc1)NCc1ccccc1OCc1ccc(Cl)cc1. The molecule has 0 saturated heterocycles. The molecule has 0 bridgehead atoms. The maximum Gasteiger partial charge on any atom is 0.124 e. The van der Waals surface area contributed by atoms with Crippen LogP contribution in [0.15, 0.2) is 78.9 Å². The minimum Gasteiger partial charge on any atom is -0.489 e. The van der Waals surface area contributed by atoms with Gasteiger partial charge in [0.2, 0.25) is 0 Å². The molecule has 0 aliphatic heterocycles. The standard InChI is InChI=1S/C24H26ClNO/c1-19(11-12-20-7-3-2-4-8-20)26-17-22-9-5-6-10-24(22)27-18-21-13-15-23(25)16-14-21/h2-10,13-16,19,26H,11-12,17-18H2,1H3. The molecule has 3 aromatic carbocycles. The molecule has 0 spiro atoms. The van der Waals surface area contributed by atoms with Crippen LogP contribution in [0.5, 0.6) is 5.75 Å². The number of nitrogens with one attached hydrogen (secondary N) is 1. The van der Waals surface area contributed by atoms with Crippen LogP contribution in [-0.4, -0.2) is 6.04 Å². The van der Waals surface area contributed by atoms with E-state index in [4.69, 9.17) is 16.3 Å². The monoisotopic (exact) mass is 379 g/mol. The highest BCUT2D eigenvalue weighted by atomic mass is 35.5. The summed E-state index contributed by atoms with van der Waals surface area (Å²) in [6, 6.07) is 27.1. The van der Waals surface area contributed by atoms with Gasteiger partial charge in [0.05, 0.1) is 0 Å². The average Bonchev–Trinajstić information content (AvgIpc) is 2.71. The molecular weight excluding hydrogens is 354 g/mol. The smallest absolute Gasteiger partial charge is 0.124 e. The van der Waals surface area contributed by atoms with Crippen LogP contribution in [0.4, 0.5) is 0 Å². The Morgan fingerprint density at radius 3 is 2.33 bits per heavy atom. The first-order chi connectivity index (χ1) is 13.2. The summed E-state index contributed by atoms with van der Waals surface area (Å²) >= 11 is 5.94. The fraction of sp³-hybridized carbons (Fsp3) is 0.250. The van der Waals surface area contributed by atoms with Crippen molar-refractivity contribution >= 4 is 11.6 Å². The van der Waals surface area contributed by atoms with Gasteiger partial charge in [-0.15, -0.1) is 0 Å². The molecule has 0 saturated carbocycles. The van der Waals surface area contributed by atoms with E-state index in [1.165, 1.54) is 11.1 Å². The third-order valence-corrected chi connectivity index (χ3v) is 4.88. The molecule has 0 aliphatic rings. The quantitative estimate of drug-likeness (QED) is 0.490. The third-order valence-electron chi connectivity index (χ3n) is 4.63. The number of benzene rings is 3. The van der Waals surface area contributed by atoms with E-state index < -0.39 is 0 Å². The molecule has 0 aromatic heterocycles. The predicted octanol–water partition coefficient (Wildman–Crippen LogP) is 6.03. The number of hydrogen-bond acceptors (Lipinski definition) is 2. The molecule has 1 atom stereocenters. The maximum absolute atomic E-state index is 6.04. The first kappa shape index (κ1) is 19.5. The summed E-state index contributed by atoms with van der Waals surface area (Å²) in [7, 11) is 0. The third kappa shape index (κ3) is 6.42. The van der Waals surface area contributed by atoms with Gasteiger partial charge in [-0.2, -0.15) is 0 Å². The van der Waals surface area contributed by atoms with Gasteiger partial charge < -0.3 is 10.1 Å². The number of ether oxygens (including phenoxy) is 1. The first-order valence-corrected chi connectivity index (χ1v) is 9.81. The van der Waals surface area contributed by atoms with Crippen molar-refractivity contribution in [2.45, 2.75) is 39.0 Å². The number of halogens is 1. The summed E-state index contributed by atoms with van der Waals surface area (Å²) in [5.41, 5.74) is 3.68. The van der Waals surface area contributed by atoms with Crippen molar-refractivity contribution in [2.75, 3.05) is 0 Å². The molecule has 27 heavy (non-hydrogen) atoms. The Labute approximate surface area is 167 Å². The zero-order valence-electron chi connectivity index (χ0n) is 15.7. The lowest BCUT2D eigenvalue weighted by molar-refractivity contribution is 0.301. The van der Waals surface area contributed by atoms with Gasteiger partial charge in [-0.05, 0) is 49.1 Å². The van der Waals surface area contributed by atoms with Gasteiger partial charge in [-0.1, -0.05) is 72.3 Å². The molecule has 0 fully saturated rings. The molecular formula is C24H26ClNO. The zero-order valence-corrected chi connectivity index (χ0v) is 16.5. The summed E-state index contributed by atoms with van der Waals surface area (Å²) in [4.78, 5) is 0. The van der Waals surface area contributed by atoms with E-state index in [2.05, 4.69) is 54.7 Å². The van der Waals surface area contributed by atoms with Gasteiger partial charge in [0.15, 0.2) is 0 Å². The van der Waals surface area contributed by atoms with Gasteiger partial charge in [-0.3, -0.25) is 0 Å². The van der Waals surface area contributed by atoms with E-state index in [0.29, 0.717) is 12.6 Å².